The van der Waals surface area contributed by atoms with Crippen molar-refractivity contribution in [3.63, 3.8) is 0 Å². The number of piperidine rings is 1. The van der Waals surface area contributed by atoms with Crippen LogP contribution in [-0.2, 0) is 4.74 Å². The van der Waals surface area contributed by atoms with Gasteiger partial charge in [0.25, 0.3) is 0 Å². The number of likely N-dealkylation sites (tertiary alicyclic amines) is 1. The van der Waals surface area contributed by atoms with Crippen molar-refractivity contribution in [1.29, 1.82) is 0 Å². The van der Waals surface area contributed by atoms with Crippen molar-refractivity contribution in [3.05, 3.63) is 23.9 Å². The fourth-order valence-electron chi connectivity index (χ4n) is 2.80. The van der Waals surface area contributed by atoms with Crippen LogP contribution in [0.15, 0.2) is 18.3 Å². The molecule has 1 aliphatic rings. The Bertz CT molecular complexity index is 522. The van der Waals surface area contributed by atoms with E-state index in [0.29, 0.717) is 0 Å². The molecule has 1 saturated heterocycles. The SMILES string of the molecule is CCN(C)c1ccc([C@H]2CCCCN2C(=O)OC(C)(C)C)cn1. The normalized spacial score (nSPS) is 18.7. The van der Waals surface area contributed by atoms with Gasteiger partial charge in [0.15, 0.2) is 0 Å². The maximum atomic E-state index is 12.5. The molecule has 1 aliphatic heterocycles. The third-order valence-electron chi connectivity index (χ3n) is 4.15. The monoisotopic (exact) mass is 319 g/mol. The lowest BCUT2D eigenvalue weighted by atomic mass is 9.97. The van der Waals surface area contributed by atoms with Gasteiger partial charge in [-0.05, 0) is 58.6 Å². The van der Waals surface area contributed by atoms with Crippen molar-refractivity contribution in [2.75, 3.05) is 25.0 Å². The Morgan fingerprint density at radius 3 is 2.70 bits per heavy atom. The van der Waals surface area contributed by atoms with Gasteiger partial charge in [-0.3, -0.25) is 0 Å². The first kappa shape index (κ1) is 17.6. The lowest BCUT2D eigenvalue weighted by Gasteiger charge is -2.37. The van der Waals surface area contributed by atoms with E-state index in [4.69, 9.17) is 4.74 Å². The lowest BCUT2D eigenvalue weighted by molar-refractivity contribution is 0.00948. The van der Waals surface area contributed by atoms with Crippen molar-refractivity contribution < 1.29 is 9.53 Å². The van der Waals surface area contributed by atoms with Crippen LogP contribution in [0.5, 0.6) is 0 Å². The zero-order chi connectivity index (χ0) is 17.0. The van der Waals surface area contributed by atoms with Crippen molar-refractivity contribution in [2.45, 2.75) is 58.6 Å². The molecule has 5 heteroatoms. The van der Waals surface area contributed by atoms with E-state index in [2.05, 4.69) is 22.9 Å². The first-order valence-corrected chi connectivity index (χ1v) is 8.48. The van der Waals surface area contributed by atoms with Crippen molar-refractivity contribution in [3.8, 4) is 0 Å². The van der Waals surface area contributed by atoms with Crippen LogP contribution in [0.3, 0.4) is 0 Å². The van der Waals surface area contributed by atoms with Gasteiger partial charge in [-0.1, -0.05) is 6.07 Å². The highest BCUT2D eigenvalue weighted by Crippen LogP contribution is 2.32. The van der Waals surface area contributed by atoms with Gasteiger partial charge >= 0.3 is 6.09 Å². The van der Waals surface area contributed by atoms with Crippen molar-refractivity contribution in [1.82, 2.24) is 9.88 Å². The van der Waals surface area contributed by atoms with E-state index < -0.39 is 5.60 Å². The van der Waals surface area contributed by atoms with Crippen LogP contribution in [0.4, 0.5) is 10.6 Å². The predicted octanol–water partition coefficient (Wildman–Crippen LogP) is 4.00. The van der Waals surface area contributed by atoms with Crippen molar-refractivity contribution >= 4 is 11.9 Å². The fourth-order valence-corrected chi connectivity index (χ4v) is 2.80. The fraction of sp³-hybridized carbons (Fsp3) is 0.667. The van der Waals surface area contributed by atoms with E-state index >= 15 is 0 Å². The highest BCUT2D eigenvalue weighted by atomic mass is 16.6. The molecule has 0 N–H and O–H groups in total. The van der Waals surface area contributed by atoms with Crippen LogP contribution in [0.25, 0.3) is 0 Å². The number of carbonyl (C=O) groups excluding carboxylic acids is 1. The Hall–Kier alpha value is -1.78. The zero-order valence-corrected chi connectivity index (χ0v) is 15.0. The quantitative estimate of drug-likeness (QED) is 0.845. The number of ether oxygens (including phenoxy) is 1. The number of hydrogen-bond acceptors (Lipinski definition) is 4. The predicted molar refractivity (Wildman–Crippen MR) is 92.7 cm³/mol. The molecule has 0 unspecified atom stereocenters. The summed E-state index contributed by atoms with van der Waals surface area (Å²) >= 11 is 0. The molecule has 0 aromatic carbocycles. The molecule has 0 saturated carbocycles. The Balaban J connectivity index is 2.16. The molecule has 1 amide bonds. The molecular weight excluding hydrogens is 290 g/mol. The van der Waals surface area contributed by atoms with Gasteiger partial charge < -0.3 is 14.5 Å². The van der Waals surface area contributed by atoms with Gasteiger partial charge in [0.05, 0.1) is 6.04 Å². The number of hydrogen-bond donors (Lipinski definition) is 0. The van der Waals surface area contributed by atoms with E-state index in [-0.39, 0.29) is 12.1 Å². The smallest absolute Gasteiger partial charge is 0.410 e. The molecule has 0 bridgehead atoms. The minimum atomic E-state index is -0.467. The molecule has 1 aromatic heterocycles. The van der Waals surface area contributed by atoms with E-state index in [1.165, 1.54) is 0 Å². The summed E-state index contributed by atoms with van der Waals surface area (Å²) in [5.74, 6) is 0.955. The van der Waals surface area contributed by atoms with Gasteiger partial charge in [0.1, 0.15) is 11.4 Å². The second kappa shape index (κ2) is 7.20. The molecule has 2 heterocycles. The summed E-state index contributed by atoms with van der Waals surface area (Å²) < 4.78 is 5.57. The standard InChI is InChI=1S/C18H29N3O2/c1-6-20(5)16-11-10-14(13-19-16)15-9-7-8-12-21(15)17(22)23-18(2,3)4/h10-11,13,15H,6-9,12H2,1-5H3/t15-/m1/s1. The topological polar surface area (TPSA) is 45.7 Å². The minimum absolute atomic E-state index is 0.0621. The van der Waals surface area contributed by atoms with Crippen LogP contribution in [0.1, 0.15) is 58.6 Å². The number of carbonyl (C=O) groups is 1. The number of nitrogens with zero attached hydrogens (tertiary/aromatic N) is 3. The molecule has 128 valence electrons. The van der Waals surface area contributed by atoms with Gasteiger partial charge in [0, 0.05) is 26.3 Å². The molecule has 1 atom stereocenters. The van der Waals surface area contributed by atoms with E-state index in [1.807, 2.05) is 45.0 Å². The summed E-state index contributed by atoms with van der Waals surface area (Å²) in [6.45, 7) is 9.47. The van der Waals surface area contributed by atoms with Gasteiger partial charge in [-0.25, -0.2) is 9.78 Å². The van der Waals surface area contributed by atoms with Crippen LogP contribution in [0, 0.1) is 0 Å². The summed E-state index contributed by atoms with van der Waals surface area (Å²) in [7, 11) is 2.02. The van der Waals surface area contributed by atoms with Crippen LogP contribution < -0.4 is 4.90 Å². The number of anilines is 1. The van der Waals surface area contributed by atoms with Crippen LogP contribution in [-0.4, -0.2) is 41.7 Å². The van der Waals surface area contributed by atoms with Gasteiger partial charge in [-0.15, -0.1) is 0 Å². The summed E-state index contributed by atoms with van der Waals surface area (Å²) in [5.41, 5.74) is 0.620. The second-order valence-electron chi connectivity index (χ2n) is 7.15. The molecule has 0 aliphatic carbocycles. The number of pyridine rings is 1. The van der Waals surface area contributed by atoms with Gasteiger partial charge in [0.2, 0.25) is 0 Å². The lowest BCUT2D eigenvalue weighted by Crippen LogP contribution is -2.41. The highest BCUT2D eigenvalue weighted by molar-refractivity contribution is 5.69. The van der Waals surface area contributed by atoms with Crippen molar-refractivity contribution in [2.24, 2.45) is 0 Å². The Labute approximate surface area is 139 Å². The Morgan fingerprint density at radius 2 is 2.13 bits per heavy atom. The van der Waals surface area contributed by atoms with E-state index in [1.54, 1.807) is 0 Å². The maximum absolute atomic E-state index is 12.5. The molecule has 1 fully saturated rings. The third-order valence-corrected chi connectivity index (χ3v) is 4.15. The summed E-state index contributed by atoms with van der Waals surface area (Å²) in [4.78, 5) is 21.0. The first-order valence-electron chi connectivity index (χ1n) is 8.48. The van der Waals surface area contributed by atoms with E-state index in [0.717, 1.165) is 43.7 Å². The minimum Gasteiger partial charge on any atom is -0.444 e. The van der Waals surface area contributed by atoms with E-state index in [9.17, 15) is 4.79 Å². The molecule has 5 nitrogen and oxygen atoms in total. The maximum Gasteiger partial charge on any atom is 0.410 e. The first-order chi connectivity index (χ1) is 10.8. The number of aromatic nitrogens is 1. The average molecular weight is 319 g/mol. The molecule has 1 aromatic rings. The summed E-state index contributed by atoms with van der Waals surface area (Å²) in [6, 6.07) is 4.18. The number of amides is 1. The largest absolute Gasteiger partial charge is 0.444 e. The Kier molecular flexibility index (Phi) is 5.50. The van der Waals surface area contributed by atoms with Gasteiger partial charge in [-0.2, -0.15) is 0 Å². The molecule has 0 radical (unpaired) electrons. The molecule has 23 heavy (non-hydrogen) atoms. The average Bonchev–Trinajstić information content (AvgIpc) is 2.52. The zero-order valence-electron chi connectivity index (χ0n) is 15.0. The molecule has 0 spiro atoms. The van der Waals surface area contributed by atoms with Crippen LogP contribution in [0.2, 0.25) is 0 Å². The number of rotatable bonds is 3. The van der Waals surface area contributed by atoms with Crippen LogP contribution >= 0.6 is 0 Å². The molecule has 2 rings (SSSR count). The Morgan fingerprint density at radius 1 is 1.39 bits per heavy atom. The second-order valence-corrected chi connectivity index (χ2v) is 7.15. The summed E-state index contributed by atoms with van der Waals surface area (Å²) in [6.07, 6.45) is 4.79. The highest BCUT2D eigenvalue weighted by Gasteiger charge is 2.31. The summed E-state index contributed by atoms with van der Waals surface area (Å²) in [5, 5.41) is 0. The molecular formula is C18H29N3O2. The third kappa shape index (κ3) is 4.60.